The first-order valence-electron chi connectivity index (χ1n) is 5.41. The van der Waals surface area contributed by atoms with Crippen LogP contribution in [0.1, 0.15) is 30.9 Å². The van der Waals surface area contributed by atoms with Gasteiger partial charge in [-0.3, -0.25) is 4.55 Å². The Morgan fingerprint density at radius 2 is 2.29 bits per heavy atom. The van der Waals surface area contributed by atoms with Crippen LogP contribution in [0.5, 0.6) is 5.88 Å². The topological polar surface area (TPSA) is 88.5 Å². The summed E-state index contributed by atoms with van der Waals surface area (Å²) in [4.78, 5) is 3.84. The van der Waals surface area contributed by atoms with E-state index < -0.39 is 10.4 Å². The van der Waals surface area contributed by atoms with Gasteiger partial charge < -0.3 is 9.50 Å². The number of hydrogen-bond acceptors (Lipinski definition) is 5. The molecule has 1 atom stereocenters. The van der Waals surface area contributed by atoms with Crippen molar-refractivity contribution >= 4 is 10.4 Å². The van der Waals surface area contributed by atoms with Gasteiger partial charge in [0.15, 0.2) is 0 Å². The number of rotatable bonds is 3. The zero-order chi connectivity index (χ0) is 12.3. The van der Waals surface area contributed by atoms with Crippen LogP contribution in [-0.4, -0.2) is 24.5 Å². The minimum Gasteiger partial charge on any atom is -0.341 e. The van der Waals surface area contributed by atoms with Gasteiger partial charge in [-0.25, -0.2) is 4.98 Å². The van der Waals surface area contributed by atoms with E-state index in [4.69, 9.17) is 4.55 Å². The Balaban J connectivity index is 2.26. The Morgan fingerprint density at radius 1 is 1.47 bits per heavy atom. The number of nitrogens with zero attached hydrogens (tertiary/aromatic N) is 1. The maximum absolute atomic E-state index is 10.7. The van der Waals surface area contributed by atoms with E-state index in [0.717, 1.165) is 25.8 Å². The molecule has 94 valence electrons. The van der Waals surface area contributed by atoms with Crippen LogP contribution in [0.2, 0.25) is 0 Å². The van der Waals surface area contributed by atoms with Gasteiger partial charge in [0.25, 0.3) is 0 Å². The van der Waals surface area contributed by atoms with Gasteiger partial charge in [-0.15, -0.1) is 0 Å². The first kappa shape index (κ1) is 12.3. The molecule has 0 aromatic carbocycles. The highest BCUT2D eigenvalue weighted by Crippen LogP contribution is 2.29. The highest BCUT2D eigenvalue weighted by molar-refractivity contribution is 7.81. The quantitative estimate of drug-likeness (QED) is 0.789. The van der Waals surface area contributed by atoms with E-state index >= 15 is 0 Å². The van der Waals surface area contributed by atoms with Crippen molar-refractivity contribution in [2.75, 3.05) is 6.54 Å². The summed E-state index contributed by atoms with van der Waals surface area (Å²) in [6, 6.07) is 3.48. The Morgan fingerprint density at radius 3 is 2.94 bits per heavy atom. The van der Waals surface area contributed by atoms with Gasteiger partial charge in [0.05, 0.1) is 0 Å². The molecule has 0 radical (unpaired) electrons. The first-order chi connectivity index (χ1) is 8.06. The normalized spacial score (nSPS) is 21.1. The smallest absolute Gasteiger partial charge is 0.341 e. The second kappa shape index (κ2) is 4.99. The molecule has 0 spiro atoms. The summed E-state index contributed by atoms with van der Waals surface area (Å²) in [5.41, 5.74) is 0.657. The van der Waals surface area contributed by atoms with E-state index in [2.05, 4.69) is 14.5 Å². The van der Waals surface area contributed by atoms with Crippen molar-refractivity contribution in [1.29, 1.82) is 0 Å². The van der Waals surface area contributed by atoms with Crippen molar-refractivity contribution in [2.45, 2.75) is 25.3 Å². The van der Waals surface area contributed by atoms with Crippen LogP contribution >= 0.6 is 0 Å². The van der Waals surface area contributed by atoms with Crippen LogP contribution in [-0.2, 0) is 10.4 Å². The monoisotopic (exact) mass is 258 g/mol. The second-order valence-electron chi connectivity index (χ2n) is 3.91. The van der Waals surface area contributed by atoms with E-state index in [0.29, 0.717) is 5.56 Å². The van der Waals surface area contributed by atoms with E-state index in [1.807, 2.05) is 0 Å². The average molecular weight is 258 g/mol. The maximum Gasteiger partial charge on any atom is 0.448 e. The van der Waals surface area contributed by atoms with E-state index in [1.54, 1.807) is 12.1 Å². The lowest BCUT2D eigenvalue weighted by Crippen LogP contribution is -2.27. The molecule has 1 saturated heterocycles. The van der Waals surface area contributed by atoms with Crippen molar-refractivity contribution in [3.8, 4) is 5.88 Å². The highest BCUT2D eigenvalue weighted by atomic mass is 32.3. The van der Waals surface area contributed by atoms with Gasteiger partial charge in [-0.05, 0) is 25.5 Å². The molecule has 0 saturated carbocycles. The van der Waals surface area contributed by atoms with Gasteiger partial charge >= 0.3 is 10.4 Å². The van der Waals surface area contributed by atoms with Crippen LogP contribution in [0, 0.1) is 0 Å². The van der Waals surface area contributed by atoms with Crippen LogP contribution in [0.15, 0.2) is 18.3 Å². The zero-order valence-corrected chi connectivity index (χ0v) is 9.98. The van der Waals surface area contributed by atoms with Gasteiger partial charge in [0.1, 0.15) is 0 Å². The van der Waals surface area contributed by atoms with Gasteiger partial charge in [0, 0.05) is 17.8 Å². The third-order valence-corrected chi connectivity index (χ3v) is 3.04. The number of hydrogen-bond donors (Lipinski definition) is 2. The SMILES string of the molecule is O=S(=O)(O)Oc1ncccc1C1CCCCN1. The molecule has 2 N–H and O–H groups in total. The highest BCUT2D eigenvalue weighted by Gasteiger charge is 2.21. The molecule has 17 heavy (non-hydrogen) atoms. The third-order valence-electron chi connectivity index (χ3n) is 2.67. The molecule has 1 aromatic heterocycles. The Hall–Kier alpha value is -1.18. The standard InChI is InChI=1S/C10H14N2O4S/c13-17(14,15)16-10-8(4-3-7-12-10)9-5-1-2-6-11-9/h3-4,7,9,11H,1-2,5-6H2,(H,13,14,15). The predicted octanol–water partition coefficient (Wildman–Crippen LogP) is 1.08. The molecule has 1 aliphatic heterocycles. The van der Waals surface area contributed by atoms with Gasteiger partial charge in [-0.2, -0.15) is 8.42 Å². The first-order valence-corrected chi connectivity index (χ1v) is 6.78. The fourth-order valence-corrected chi connectivity index (χ4v) is 2.29. The molecule has 1 aliphatic rings. The fraction of sp³-hybridized carbons (Fsp3) is 0.500. The Labute approximate surface area is 100.0 Å². The molecule has 1 fully saturated rings. The van der Waals surface area contributed by atoms with Crippen molar-refractivity contribution in [3.63, 3.8) is 0 Å². The second-order valence-corrected chi connectivity index (χ2v) is 4.93. The minimum atomic E-state index is -4.53. The molecule has 2 heterocycles. The van der Waals surface area contributed by atoms with Crippen LogP contribution in [0.3, 0.4) is 0 Å². The van der Waals surface area contributed by atoms with Crippen LogP contribution in [0.25, 0.3) is 0 Å². The molecule has 1 unspecified atom stereocenters. The van der Waals surface area contributed by atoms with Crippen molar-refractivity contribution in [3.05, 3.63) is 23.9 Å². The summed E-state index contributed by atoms with van der Waals surface area (Å²) in [7, 11) is -4.53. The molecular formula is C10H14N2O4S. The van der Waals surface area contributed by atoms with Crippen LogP contribution in [0.4, 0.5) is 0 Å². The summed E-state index contributed by atoms with van der Waals surface area (Å²) in [5.74, 6) is -0.0607. The molecular weight excluding hydrogens is 244 g/mol. The maximum atomic E-state index is 10.7. The number of piperidine rings is 1. The predicted molar refractivity (Wildman–Crippen MR) is 61.0 cm³/mol. The molecule has 1 aromatic rings. The molecule has 6 nitrogen and oxygen atoms in total. The Bertz CT molecular complexity index is 483. The summed E-state index contributed by atoms with van der Waals surface area (Å²) in [5, 5.41) is 3.27. The molecule has 2 rings (SSSR count). The average Bonchev–Trinajstić information content (AvgIpc) is 2.29. The summed E-state index contributed by atoms with van der Waals surface area (Å²) in [6.45, 7) is 0.880. The summed E-state index contributed by atoms with van der Waals surface area (Å²) < 4.78 is 34.6. The lowest BCUT2D eigenvalue weighted by atomic mass is 9.98. The minimum absolute atomic E-state index is 0.0224. The van der Waals surface area contributed by atoms with Crippen molar-refractivity contribution in [2.24, 2.45) is 0 Å². The lowest BCUT2D eigenvalue weighted by Gasteiger charge is -2.24. The van der Waals surface area contributed by atoms with E-state index in [1.165, 1.54) is 6.20 Å². The van der Waals surface area contributed by atoms with Crippen molar-refractivity contribution < 1.29 is 17.2 Å². The molecule has 0 bridgehead atoms. The Kier molecular flexibility index (Phi) is 3.60. The van der Waals surface area contributed by atoms with E-state index in [-0.39, 0.29) is 11.9 Å². The van der Waals surface area contributed by atoms with Gasteiger partial charge in [-0.1, -0.05) is 12.5 Å². The number of pyridine rings is 1. The summed E-state index contributed by atoms with van der Waals surface area (Å²) >= 11 is 0. The fourth-order valence-electron chi connectivity index (χ4n) is 1.96. The van der Waals surface area contributed by atoms with E-state index in [9.17, 15) is 8.42 Å². The molecule has 0 aliphatic carbocycles. The number of aromatic nitrogens is 1. The van der Waals surface area contributed by atoms with Crippen molar-refractivity contribution in [1.82, 2.24) is 10.3 Å². The zero-order valence-electron chi connectivity index (χ0n) is 9.17. The third kappa shape index (κ3) is 3.39. The van der Waals surface area contributed by atoms with Crippen LogP contribution < -0.4 is 9.50 Å². The summed E-state index contributed by atoms with van der Waals surface area (Å²) in [6.07, 6.45) is 4.49. The molecule has 0 amide bonds. The largest absolute Gasteiger partial charge is 0.448 e. The van der Waals surface area contributed by atoms with Gasteiger partial charge in [0.2, 0.25) is 5.88 Å². The lowest BCUT2D eigenvalue weighted by molar-refractivity contribution is 0.366. The number of nitrogens with one attached hydrogen (secondary N) is 1. The molecule has 7 heteroatoms.